The first-order valence-corrected chi connectivity index (χ1v) is 7.12. The van der Waals surface area contributed by atoms with Gasteiger partial charge in [-0.3, -0.25) is 0 Å². The van der Waals surface area contributed by atoms with Crippen molar-refractivity contribution in [3.05, 3.63) is 69.7 Å². The van der Waals surface area contributed by atoms with Gasteiger partial charge in [-0.2, -0.15) is 13.2 Å². The highest BCUT2D eigenvalue weighted by Crippen LogP contribution is 2.32. The van der Waals surface area contributed by atoms with Crippen molar-refractivity contribution < 1.29 is 18.3 Å². The van der Waals surface area contributed by atoms with E-state index in [0.29, 0.717) is 11.1 Å². The molecule has 1 nitrogen and oxygen atoms in total. The predicted molar refractivity (Wildman–Crippen MR) is 78.9 cm³/mol. The minimum atomic E-state index is -4.38. The molecule has 0 saturated heterocycles. The fourth-order valence-corrected chi connectivity index (χ4v) is 2.43. The van der Waals surface area contributed by atoms with Gasteiger partial charge in [-0.25, -0.2) is 0 Å². The van der Waals surface area contributed by atoms with E-state index >= 15 is 0 Å². The van der Waals surface area contributed by atoms with Gasteiger partial charge in [-0.1, -0.05) is 46.3 Å². The summed E-state index contributed by atoms with van der Waals surface area (Å²) in [5.74, 6) is 0. The van der Waals surface area contributed by atoms with E-state index in [0.717, 1.165) is 16.6 Å². The van der Waals surface area contributed by atoms with E-state index in [1.807, 2.05) is 0 Å². The Morgan fingerprint density at radius 3 is 2.19 bits per heavy atom. The normalized spacial score (nSPS) is 14.8. The molecule has 1 atom stereocenters. The number of rotatable bonds is 3. The fraction of sp³-hybridized carbons (Fsp3) is 0.250. The second-order valence-corrected chi connectivity index (χ2v) is 6.07. The van der Waals surface area contributed by atoms with Crippen LogP contribution < -0.4 is 0 Å². The van der Waals surface area contributed by atoms with Crippen LogP contribution in [0.2, 0.25) is 0 Å². The number of aliphatic hydroxyl groups is 1. The van der Waals surface area contributed by atoms with Gasteiger partial charge in [-0.15, -0.1) is 0 Å². The maximum atomic E-state index is 12.7. The summed E-state index contributed by atoms with van der Waals surface area (Å²) < 4.78 is 39.0. The molecule has 0 bridgehead atoms. The summed E-state index contributed by atoms with van der Waals surface area (Å²) in [7, 11) is 0. The monoisotopic (exact) mass is 358 g/mol. The molecule has 0 radical (unpaired) electrons. The molecule has 0 saturated carbocycles. The van der Waals surface area contributed by atoms with E-state index in [9.17, 15) is 18.3 Å². The smallest absolute Gasteiger partial charge is 0.385 e. The summed E-state index contributed by atoms with van der Waals surface area (Å²) in [4.78, 5) is 0. The largest absolute Gasteiger partial charge is 0.416 e. The van der Waals surface area contributed by atoms with Crippen molar-refractivity contribution >= 4 is 15.9 Å². The highest BCUT2D eigenvalue weighted by atomic mass is 79.9. The van der Waals surface area contributed by atoms with Gasteiger partial charge in [0, 0.05) is 10.9 Å². The first-order chi connectivity index (χ1) is 9.68. The molecule has 1 unspecified atom stereocenters. The topological polar surface area (TPSA) is 20.2 Å². The molecule has 2 rings (SSSR count). The predicted octanol–water partition coefficient (Wildman–Crippen LogP) is 4.92. The van der Waals surface area contributed by atoms with Crippen LogP contribution in [0.25, 0.3) is 0 Å². The minimum absolute atomic E-state index is 0.110. The Morgan fingerprint density at radius 1 is 1.00 bits per heavy atom. The molecule has 0 aliphatic carbocycles. The van der Waals surface area contributed by atoms with E-state index in [-0.39, 0.29) is 6.42 Å². The molecule has 2 aromatic carbocycles. The van der Waals surface area contributed by atoms with Crippen LogP contribution in [-0.4, -0.2) is 5.11 Å². The highest BCUT2D eigenvalue weighted by Gasteiger charge is 2.31. The summed E-state index contributed by atoms with van der Waals surface area (Å²) >= 11 is 3.30. The molecular weight excluding hydrogens is 345 g/mol. The van der Waals surface area contributed by atoms with E-state index in [1.165, 1.54) is 6.07 Å². The molecule has 0 amide bonds. The van der Waals surface area contributed by atoms with E-state index in [4.69, 9.17) is 0 Å². The lowest BCUT2D eigenvalue weighted by Gasteiger charge is -2.24. The van der Waals surface area contributed by atoms with Crippen LogP contribution in [-0.2, 0) is 18.2 Å². The SMILES string of the molecule is CC(O)(Cc1cccc(C(F)(F)F)c1)c1ccc(Br)cc1. The van der Waals surface area contributed by atoms with Crippen molar-refractivity contribution in [2.45, 2.75) is 25.1 Å². The number of halogens is 4. The number of benzene rings is 2. The molecule has 2 aromatic rings. The molecule has 0 fully saturated rings. The zero-order valence-corrected chi connectivity index (χ0v) is 12.9. The van der Waals surface area contributed by atoms with Gasteiger partial charge >= 0.3 is 6.18 Å². The second-order valence-electron chi connectivity index (χ2n) is 5.16. The van der Waals surface area contributed by atoms with Crippen molar-refractivity contribution in [3.8, 4) is 0 Å². The van der Waals surface area contributed by atoms with Crippen LogP contribution in [0.4, 0.5) is 13.2 Å². The van der Waals surface area contributed by atoms with Gasteiger partial charge in [0.2, 0.25) is 0 Å². The van der Waals surface area contributed by atoms with Crippen LogP contribution in [0.15, 0.2) is 53.0 Å². The molecule has 0 aliphatic heterocycles. The summed E-state index contributed by atoms with van der Waals surface area (Å²) in [6.07, 6.45) is -4.27. The molecule has 0 heterocycles. The Hall–Kier alpha value is -1.33. The Labute approximate surface area is 129 Å². The minimum Gasteiger partial charge on any atom is -0.385 e. The lowest BCUT2D eigenvalue weighted by Crippen LogP contribution is -2.24. The van der Waals surface area contributed by atoms with E-state index in [1.54, 1.807) is 37.3 Å². The third-order valence-corrected chi connectivity index (χ3v) is 3.80. The van der Waals surface area contributed by atoms with Gasteiger partial charge in [0.05, 0.1) is 11.2 Å². The molecule has 0 spiro atoms. The van der Waals surface area contributed by atoms with Gasteiger partial charge in [0.15, 0.2) is 0 Å². The average molecular weight is 359 g/mol. The van der Waals surface area contributed by atoms with Crippen molar-refractivity contribution in [1.29, 1.82) is 0 Å². The Balaban J connectivity index is 2.26. The third-order valence-electron chi connectivity index (χ3n) is 3.27. The number of hydrogen-bond acceptors (Lipinski definition) is 1. The zero-order chi connectivity index (χ0) is 15.7. The van der Waals surface area contributed by atoms with Crippen molar-refractivity contribution in [3.63, 3.8) is 0 Å². The third kappa shape index (κ3) is 4.08. The van der Waals surface area contributed by atoms with E-state index < -0.39 is 17.3 Å². The molecule has 0 aromatic heterocycles. The van der Waals surface area contributed by atoms with Crippen molar-refractivity contribution in [2.24, 2.45) is 0 Å². The van der Waals surface area contributed by atoms with Crippen LogP contribution in [0, 0.1) is 0 Å². The average Bonchev–Trinajstić information content (AvgIpc) is 2.38. The summed E-state index contributed by atoms with van der Waals surface area (Å²) in [5, 5.41) is 10.5. The Kier molecular flexibility index (Phi) is 4.44. The quantitative estimate of drug-likeness (QED) is 0.825. The molecule has 21 heavy (non-hydrogen) atoms. The lowest BCUT2D eigenvalue weighted by atomic mass is 9.88. The molecule has 1 N–H and O–H groups in total. The zero-order valence-electron chi connectivity index (χ0n) is 11.3. The van der Waals surface area contributed by atoms with Crippen molar-refractivity contribution in [1.82, 2.24) is 0 Å². The Morgan fingerprint density at radius 2 is 1.62 bits per heavy atom. The molecule has 5 heteroatoms. The number of hydrogen-bond donors (Lipinski definition) is 1. The molecule has 112 valence electrons. The van der Waals surface area contributed by atoms with E-state index in [2.05, 4.69) is 15.9 Å². The van der Waals surface area contributed by atoms with Crippen LogP contribution in [0.1, 0.15) is 23.6 Å². The maximum absolute atomic E-state index is 12.7. The second kappa shape index (κ2) is 5.81. The van der Waals surface area contributed by atoms with Crippen LogP contribution >= 0.6 is 15.9 Å². The first-order valence-electron chi connectivity index (χ1n) is 6.33. The fourth-order valence-electron chi connectivity index (χ4n) is 2.17. The Bertz CT molecular complexity index is 618. The number of alkyl halides is 3. The van der Waals surface area contributed by atoms with Crippen LogP contribution in [0.5, 0.6) is 0 Å². The molecular formula is C16H14BrF3O. The van der Waals surface area contributed by atoms with Crippen molar-refractivity contribution in [2.75, 3.05) is 0 Å². The summed E-state index contributed by atoms with van der Waals surface area (Å²) in [5.41, 5.74) is -0.835. The highest BCUT2D eigenvalue weighted by molar-refractivity contribution is 9.10. The summed E-state index contributed by atoms with van der Waals surface area (Å²) in [6.45, 7) is 1.59. The van der Waals surface area contributed by atoms with Crippen LogP contribution in [0.3, 0.4) is 0 Å². The summed E-state index contributed by atoms with van der Waals surface area (Å²) in [6, 6.07) is 12.1. The standard InChI is InChI=1S/C16H14BrF3O/c1-15(21,12-5-7-14(17)8-6-12)10-11-3-2-4-13(9-11)16(18,19)20/h2-9,21H,10H2,1H3. The van der Waals surface area contributed by atoms with Gasteiger partial charge < -0.3 is 5.11 Å². The first kappa shape index (κ1) is 16.0. The van der Waals surface area contributed by atoms with Gasteiger partial charge in [0.25, 0.3) is 0 Å². The lowest BCUT2D eigenvalue weighted by molar-refractivity contribution is -0.137. The van der Waals surface area contributed by atoms with Gasteiger partial charge in [-0.05, 0) is 36.2 Å². The van der Waals surface area contributed by atoms with Gasteiger partial charge in [0.1, 0.15) is 0 Å². The molecule has 0 aliphatic rings. The maximum Gasteiger partial charge on any atom is 0.416 e.